The fraction of sp³-hybridized carbons (Fsp3) is 0.222. The first-order valence-corrected chi connectivity index (χ1v) is 4.24. The Kier molecular flexibility index (Phi) is 2.88. The third-order valence-corrected chi connectivity index (χ3v) is 2.00. The number of Topliss-reactive ketones (excluding diaryl/α,β-unsaturated/α-hetero) is 1. The number of rotatable bonds is 2. The summed E-state index contributed by atoms with van der Waals surface area (Å²) in [7, 11) is 0. The summed E-state index contributed by atoms with van der Waals surface area (Å²) >= 11 is 5.35. The molecule has 0 fully saturated rings. The number of nitrogen functional groups attached to an aromatic ring is 1. The van der Waals surface area contributed by atoms with Gasteiger partial charge in [-0.05, 0) is 24.6 Å². The molecule has 0 unspecified atom stereocenters. The molecule has 70 valence electrons. The van der Waals surface area contributed by atoms with E-state index in [1.165, 1.54) is 6.07 Å². The number of hydrogen-bond acceptors (Lipinski definition) is 2. The average Bonchev–Trinajstić information content (AvgIpc) is 2.10. The lowest BCUT2D eigenvalue weighted by Gasteiger charge is -2.04. The SMILES string of the molecule is Cc1cc(C(=O)CCl)c(N)cc1F. The molecule has 0 heterocycles. The minimum Gasteiger partial charge on any atom is -0.398 e. The molecule has 1 aromatic carbocycles. The minimum atomic E-state index is -0.413. The molecule has 0 atom stereocenters. The zero-order chi connectivity index (χ0) is 10.0. The largest absolute Gasteiger partial charge is 0.398 e. The van der Waals surface area contributed by atoms with E-state index in [4.69, 9.17) is 17.3 Å². The molecule has 0 saturated carbocycles. The Labute approximate surface area is 80.5 Å². The first kappa shape index (κ1) is 9.99. The van der Waals surface area contributed by atoms with Crippen LogP contribution in [0.5, 0.6) is 0 Å². The van der Waals surface area contributed by atoms with Gasteiger partial charge in [0, 0.05) is 11.3 Å². The molecule has 0 radical (unpaired) electrons. The highest BCUT2D eigenvalue weighted by Gasteiger charge is 2.10. The second-order valence-electron chi connectivity index (χ2n) is 2.75. The van der Waals surface area contributed by atoms with E-state index in [1.54, 1.807) is 6.92 Å². The predicted octanol–water partition coefficient (Wildman–Crippen LogP) is 2.14. The van der Waals surface area contributed by atoms with Crippen LogP contribution in [0.4, 0.5) is 10.1 Å². The van der Waals surface area contributed by atoms with Crippen molar-refractivity contribution in [3.05, 3.63) is 29.1 Å². The molecule has 0 spiro atoms. The van der Waals surface area contributed by atoms with E-state index in [9.17, 15) is 9.18 Å². The number of carbonyl (C=O) groups excluding carboxylic acids is 1. The van der Waals surface area contributed by atoms with Crippen LogP contribution in [-0.2, 0) is 0 Å². The van der Waals surface area contributed by atoms with Crippen LogP contribution in [-0.4, -0.2) is 11.7 Å². The monoisotopic (exact) mass is 201 g/mol. The van der Waals surface area contributed by atoms with E-state index >= 15 is 0 Å². The van der Waals surface area contributed by atoms with E-state index in [2.05, 4.69) is 0 Å². The van der Waals surface area contributed by atoms with Crippen LogP contribution in [0.25, 0.3) is 0 Å². The Morgan fingerprint density at radius 3 is 2.77 bits per heavy atom. The van der Waals surface area contributed by atoms with Gasteiger partial charge in [-0.3, -0.25) is 4.79 Å². The van der Waals surface area contributed by atoms with Gasteiger partial charge in [-0.1, -0.05) is 0 Å². The Balaban J connectivity index is 3.23. The molecule has 4 heteroatoms. The molecule has 0 amide bonds. The Morgan fingerprint density at radius 1 is 1.62 bits per heavy atom. The highest BCUT2D eigenvalue weighted by atomic mass is 35.5. The van der Waals surface area contributed by atoms with Gasteiger partial charge in [-0.25, -0.2) is 4.39 Å². The highest BCUT2D eigenvalue weighted by Crippen LogP contribution is 2.18. The number of carbonyl (C=O) groups is 1. The van der Waals surface area contributed by atoms with Crippen molar-refractivity contribution < 1.29 is 9.18 Å². The van der Waals surface area contributed by atoms with Crippen molar-refractivity contribution >= 4 is 23.1 Å². The van der Waals surface area contributed by atoms with Gasteiger partial charge in [0.2, 0.25) is 0 Å². The third kappa shape index (κ3) is 1.98. The molecule has 13 heavy (non-hydrogen) atoms. The minimum absolute atomic E-state index is 0.133. The Bertz CT molecular complexity index is 352. The summed E-state index contributed by atoms with van der Waals surface area (Å²) in [5, 5.41) is 0. The number of benzene rings is 1. The van der Waals surface area contributed by atoms with E-state index in [-0.39, 0.29) is 22.9 Å². The van der Waals surface area contributed by atoms with E-state index in [0.717, 1.165) is 6.07 Å². The zero-order valence-electron chi connectivity index (χ0n) is 7.10. The van der Waals surface area contributed by atoms with Crippen LogP contribution in [0.3, 0.4) is 0 Å². The maximum atomic E-state index is 12.9. The molecule has 0 aliphatic carbocycles. The molecule has 0 saturated heterocycles. The quantitative estimate of drug-likeness (QED) is 0.453. The van der Waals surface area contributed by atoms with Gasteiger partial charge in [0.05, 0.1) is 5.88 Å². The maximum absolute atomic E-state index is 12.9. The van der Waals surface area contributed by atoms with E-state index < -0.39 is 5.82 Å². The number of halogens is 2. The van der Waals surface area contributed by atoms with Crippen molar-refractivity contribution in [2.75, 3.05) is 11.6 Å². The van der Waals surface area contributed by atoms with E-state index in [0.29, 0.717) is 5.56 Å². The van der Waals surface area contributed by atoms with Crippen LogP contribution >= 0.6 is 11.6 Å². The molecule has 1 aromatic rings. The number of aryl methyl sites for hydroxylation is 1. The summed E-state index contributed by atoms with van der Waals surface area (Å²) in [6, 6.07) is 2.55. The van der Waals surface area contributed by atoms with Gasteiger partial charge in [0.25, 0.3) is 0 Å². The lowest BCUT2D eigenvalue weighted by molar-refractivity contribution is 0.102. The topological polar surface area (TPSA) is 43.1 Å². The van der Waals surface area contributed by atoms with Crippen LogP contribution in [0.15, 0.2) is 12.1 Å². The van der Waals surface area contributed by atoms with Crippen molar-refractivity contribution in [3.8, 4) is 0 Å². The van der Waals surface area contributed by atoms with Crippen molar-refractivity contribution in [3.63, 3.8) is 0 Å². The van der Waals surface area contributed by atoms with Crippen molar-refractivity contribution in [1.82, 2.24) is 0 Å². The number of nitrogens with two attached hydrogens (primary N) is 1. The number of anilines is 1. The van der Waals surface area contributed by atoms with Gasteiger partial charge < -0.3 is 5.73 Å². The van der Waals surface area contributed by atoms with Crippen molar-refractivity contribution in [2.24, 2.45) is 0 Å². The summed E-state index contributed by atoms with van der Waals surface area (Å²) < 4.78 is 12.9. The standard InChI is InChI=1S/C9H9ClFNO/c1-5-2-6(9(13)4-10)8(12)3-7(5)11/h2-3H,4,12H2,1H3. The summed E-state index contributed by atoms with van der Waals surface area (Å²) in [6.45, 7) is 1.57. The Morgan fingerprint density at radius 2 is 2.23 bits per heavy atom. The molecular formula is C9H9ClFNO. The van der Waals surface area contributed by atoms with Gasteiger partial charge in [0.15, 0.2) is 5.78 Å². The van der Waals surface area contributed by atoms with Crippen LogP contribution in [0.1, 0.15) is 15.9 Å². The molecule has 2 N–H and O–H groups in total. The number of hydrogen-bond donors (Lipinski definition) is 1. The first-order valence-electron chi connectivity index (χ1n) is 3.71. The lowest BCUT2D eigenvalue weighted by Crippen LogP contribution is -2.06. The van der Waals surface area contributed by atoms with Crippen molar-refractivity contribution in [2.45, 2.75) is 6.92 Å². The van der Waals surface area contributed by atoms with Crippen LogP contribution in [0, 0.1) is 12.7 Å². The molecule has 2 nitrogen and oxygen atoms in total. The first-order chi connectivity index (χ1) is 6.06. The number of ketones is 1. The summed E-state index contributed by atoms with van der Waals surface area (Å²) in [4.78, 5) is 11.2. The highest BCUT2D eigenvalue weighted by molar-refractivity contribution is 6.31. The summed E-state index contributed by atoms with van der Waals surface area (Å²) in [5.74, 6) is -0.846. The zero-order valence-corrected chi connectivity index (χ0v) is 7.86. The molecule has 0 aliphatic rings. The maximum Gasteiger partial charge on any atom is 0.179 e. The normalized spacial score (nSPS) is 10.1. The van der Waals surface area contributed by atoms with Crippen molar-refractivity contribution in [1.29, 1.82) is 0 Å². The Hall–Kier alpha value is -1.09. The molecular weight excluding hydrogens is 193 g/mol. The molecule has 0 bridgehead atoms. The number of alkyl halides is 1. The van der Waals surface area contributed by atoms with Gasteiger partial charge in [-0.2, -0.15) is 0 Å². The van der Waals surface area contributed by atoms with Crippen LogP contribution < -0.4 is 5.73 Å². The van der Waals surface area contributed by atoms with E-state index in [1.807, 2.05) is 0 Å². The van der Waals surface area contributed by atoms with Gasteiger partial charge >= 0.3 is 0 Å². The molecule has 0 aromatic heterocycles. The fourth-order valence-electron chi connectivity index (χ4n) is 1.01. The second-order valence-corrected chi connectivity index (χ2v) is 3.01. The van der Waals surface area contributed by atoms with Gasteiger partial charge in [-0.15, -0.1) is 11.6 Å². The lowest BCUT2D eigenvalue weighted by atomic mass is 10.1. The second kappa shape index (κ2) is 3.75. The smallest absolute Gasteiger partial charge is 0.179 e. The fourth-order valence-corrected chi connectivity index (χ4v) is 1.15. The average molecular weight is 202 g/mol. The summed E-state index contributed by atoms with van der Waals surface area (Å²) in [6.07, 6.45) is 0. The third-order valence-electron chi connectivity index (χ3n) is 1.75. The molecule has 1 rings (SSSR count). The summed E-state index contributed by atoms with van der Waals surface area (Å²) in [5.41, 5.74) is 6.26. The molecule has 0 aliphatic heterocycles. The van der Waals surface area contributed by atoms with Gasteiger partial charge in [0.1, 0.15) is 5.82 Å². The van der Waals surface area contributed by atoms with Crippen LogP contribution in [0.2, 0.25) is 0 Å². The predicted molar refractivity (Wildman–Crippen MR) is 50.6 cm³/mol.